The van der Waals surface area contributed by atoms with E-state index in [9.17, 15) is 14.7 Å². The number of carbonyl (C=O) groups is 2. The third-order valence-corrected chi connectivity index (χ3v) is 3.55. The van der Waals surface area contributed by atoms with Crippen molar-refractivity contribution >= 4 is 33.6 Å². The van der Waals surface area contributed by atoms with Gasteiger partial charge in [0, 0.05) is 11.5 Å². The van der Waals surface area contributed by atoms with Gasteiger partial charge < -0.3 is 20.4 Å². The Labute approximate surface area is 125 Å². The SMILES string of the molecule is CN(C(=O)Nc1cc(Br)ccc1C(=O)O)C(C)(C)CO. The van der Waals surface area contributed by atoms with Crippen molar-refractivity contribution in [2.24, 2.45) is 0 Å². The van der Waals surface area contributed by atoms with Crippen LogP contribution in [0.3, 0.4) is 0 Å². The molecule has 0 bridgehead atoms. The van der Waals surface area contributed by atoms with Crippen LogP contribution in [0.15, 0.2) is 22.7 Å². The first-order chi connectivity index (χ1) is 9.19. The van der Waals surface area contributed by atoms with E-state index in [1.54, 1.807) is 19.9 Å². The fraction of sp³-hybridized carbons (Fsp3) is 0.385. The zero-order valence-corrected chi connectivity index (χ0v) is 13.1. The van der Waals surface area contributed by atoms with Crippen LogP contribution >= 0.6 is 15.9 Å². The van der Waals surface area contributed by atoms with Gasteiger partial charge in [-0.1, -0.05) is 15.9 Å². The van der Waals surface area contributed by atoms with E-state index in [0.29, 0.717) is 4.47 Å². The van der Waals surface area contributed by atoms with E-state index in [1.807, 2.05) is 0 Å². The van der Waals surface area contributed by atoms with Gasteiger partial charge in [-0.05, 0) is 32.0 Å². The van der Waals surface area contributed by atoms with Gasteiger partial charge in [0.15, 0.2) is 0 Å². The predicted octanol–water partition coefficient (Wildman–Crippen LogP) is 2.38. The smallest absolute Gasteiger partial charge is 0.337 e. The van der Waals surface area contributed by atoms with Crippen molar-refractivity contribution in [2.45, 2.75) is 19.4 Å². The number of aromatic carboxylic acids is 1. The van der Waals surface area contributed by atoms with Crippen molar-refractivity contribution in [3.05, 3.63) is 28.2 Å². The van der Waals surface area contributed by atoms with Crippen molar-refractivity contribution in [1.82, 2.24) is 4.90 Å². The van der Waals surface area contributed by atoms with Gasteiger partial charge in [-0.3, -0.25) is 0 Å². The van der Waals surface area contributed by atoms with Crippen molar-refractivity contribution in [3.8, 4) is 0 Å². The molecule has 2 amide bonds. The number of carboxylic acids is 1. The molecular formula is C13H17BrN2O4. The van der Waals surface area contributed by atoms with E-state index in [0.717, 1.165) is 0 Å². The summed E-state index contributed by atoms with van der Waals surface area (Å²) in [5.41, 5.74) is -0.561. The topological polar surface area (TPSA) is 89.9 Å². The average molecular weight is 345 g/mol. The highest BCUT2D eigenvalue weighted by atomic mass is 79.9. The third kappa shape index (κ3) is 3.71. The Morgan fingerprint density at radius 3 is 2.50 bits per heavy atom. The number of carbonyl (C=O) groups excluding carboxylic acids is 1. The van der Waals surface area contributed by atoms with Gasteiger partial charge in [-0.25, -0.2) is 9.59 Å². The fourth-order valence-corrected chi connectivity index (χ4v) is 1.75. The largest absolute Gasteiger partial charge is 0.478 e. The Bertz CT molecular complexity index is 531. The molecule has 6 nitrogen and oxygen atoms in total. The molecule has 0 aliphatic rings. The minimum absolute atomic E-state index is 0.00301. The van der Waals surface area contributed by atoms with Crippen molar-refractivity contribution in [1.29, 1.82) is 0 Å². The van der Waals surface area contributed by atoms with Crippen LogP contribution < -0.4 is 5.32 Å². The number of carboxylic acid groups (broad SMARTS) is 1. The molecule has 0 fully saturated rings. The van der Waals surface area contributed by atoms with E-state index in [-0.39, 0.29) is 17.9 Å². The molecular weight excluding hydrogens is 328 g/mol. The maximum atomic E-state index is 12.1. The molecule has 20 heavy (non-hydrogen) atoms. The van der Waals surface area contributed by atoms with Gasteiger partial charge in [-0.2, -0.15) is 0 Å². The molecule has 7 heteroatoms. The van der Waals surface area contributed by atoms with Crippen LogP contribution in [-0.2, 0) is 0 Å². The average Bonchev–Trinajstić information content (AvgIpc) is 2.37. The van der Waals surface area contributed by atoms with Crippen LogP contribution in [0.4, 0.5) is 10.5 Å². The monoisotopic (exact) mass is 344 g/mol. The van der Waals surface area contributed by atoms with Crippen LogP contribution in [0.25, 0.3) is 0 Å². The second-order valence-corrected chi connectivity index (χ2v) is 5.87. The number of nitrogens with one attached hydrogen (secondary N) is 1. The van der Waals surface area contributed by atoms with Gasteiger partial charge >= 0.3 is 12.0 Å². The summed E-state index contributed by atoms with van der Waals surface area (Å²) in [4.78, 5) is 24.5. The van der Waals surface area contributed by atoms with Crippen LogP contribution in [0.2, 0.25) is 0 Å². The number of aliphatic hydroxyl groups excluding tert-OH is 1. The summed E-state index contributed by atoms with van der Waals surface area (Å²) in [5, 5.41) is 20.9. The number of aliphatic hydroxyl groups is 1. The first-order valence-corrected chi connectivity index (χ1v) is 6.67. The van der Waals surface area contributed by atoms with Crippen molar-refractivity contribution in [2.75, 3.05) is 19.0 Å². The molecule has 0 radical (unpaired) electrons. The van der Waals surface area contributed by atoms with Gasteiger partial charge in [0.2, 0.25) is 0 Å². The summed E-state index contributed by atoms with van der Waals surface area (Å²) >= 11 is 3.23. The third-order valence-electron chi connectivity index (χ3n) is 3.05. The number of likely N-dealkylation sites (N-methyl/N-ethyl adjacent to an activating group) is 1. The van der Waals surface area contributed by atoms with Gasteiger partial charge in [-0.15, -0.1) is 0 Å². The number of rotatable bonds is 4. The second kappa shape index (κ2) is 6.23. The van der Waals surface area contributed by atoms with E-state index >= 15 is 0 Å². The Hall–Kier alpha value is -1.60. The molecule has 0 heterocycles. The highest BCUT2D eigenvalue weighted by Gasteiger charge is 2.27. The van der Waals surface area contributed by atoms with Crippen LogP contribution in [0, 0.1) is 0 Å². The van der Waals surface area contributed by atoms with E-state index in [1.165, 1.54) is 24.1 Å². The van der Waals surface area contributed by atoms with Crippen LogP contribution in [-0.4, -0.2) is 46.3 Å². The molecule has 1 aromatic carbocycles. The number of amides is 2. The number of anilines is 1. The summed E-state index contributed by atoms with van der Waals surface area (Å²) < 4.78 is 0.655. The molecule has 0 aliphatic heterocycles. The molecule has 3 N–H and O–H groups in total. The van der Waals surface area contributed by atoms with E-state index < -0.39 is 17.5 Å². The number of halogens is 1. The number of benzene rings is 1. The number of hydrogen-bond acceptors (Lipinski definition) is 3. The standard InChI is InChI=1S/C13H17BrN2O4/c1-13(2,7-17)16(3)12(20)15-10-6-8(14)4-5-9(10)11(18)19/h4-6,17H,7H2,1-3H3,(H,15,20)(H,18,19). The molecule has 0 aromatic heterocycles. The predicted molar refractivity (Wildman–Crippen MR) is 79.0 cm³/mol. The number of urea groups is 1. The van der Waals surface area contributed by atoms with Gasteiger partial charge in [0.05, 0.1) is 23.4 Å². The first-order valence-electron chi connectivity index (χ1n) is 5.87. The number of nitrogens with zero attached hydrogens (tertiary/aromatic N) is 1. The fourth-order valence-electron chi connectivity index (χ4n) is 1.39. The highest BCUT2D eigenvalue weighted by Crippen LogP contribution is 2.23. The molecule has 0 atom stereocenters. The second-order valence-electron chi connectivity index (χ2n) is 4.95. The van der Waals surface area contributed by atoms with Crippen LogP contribution in [0.1, 0.15) is 24.2 Å². The summed E-state index contributed by atoms with van der Waals surface area (Å²) in [6.45, 7) is 3.19. The molecule has 0 spiro atoms. The molecule has 1 aromatic rings. The Kier molecular flexibility index (Phi) is 5.13. The summed E-state index contributed by atoms with van der Waals surface area (Å²) in [6, 6.07) is 4.01. The van der Waals surface area contributed by atoms with E-state index in [4.69, 9.17) is 5.11 Å². The zero-order valence-electron chi connectivity index (χ0n) is 11.5. The molecule has 0 saturated heterocycles. The minimum atomic E-state index is -1.13. The van der Waals surface area contributed by atoms with Gasteiger partial charge in [0.25, 0.3) is 0 Å². The Morgan fingerprint density at radius 1 is 1.40 bits per heavy atom. The van der Waals surface area contributed by atoms with Gasteiger partial charge in [0.1, 0.15) is 0 Å². The van der Waals surface area contributed by atoms with E-state index in [2.05, 4.69) is 21.2 Å². The highest BCUT2D eigenvalue weighted by molar-refractivity contribution is 9.10. The lowest BCUT2D eigenvalue weighted by atomic mass is 10.1. The molecule has 110 valence electrons. The van der Waals surface area contributed by atoms with Crippen molar-refractivity contribution in [3.63, 3.8) is 0 Å². The maximum absolute atomic E-state index is 12.1. The Morgan fingerprint density at radius 2 is 2.00 bits per heavy atom. The summed E-state index contributed by atoms with van der Waals surface area (Å²) in [7, 11) is 1.53. The first kappa shape index (κ1) is 16.5. The maximum Gasteiger partial charge on any atom is 0.337 e. The van der Waals surface area contributed by atoms with Crippen molar-refractivity contribution < 1.29 is 19.8 Å². The Balaban J connectivity index is 3.02. The summed E-state index contributed by atoms with van der Waals surface area (Å²) in [6.07, 6.45) is 0. The summed E-state index contributed by atoms with van der Waals surface area (Å²) in [5.74, 6) is -1.13. The quantitative estimate of drug-likeness (QED) is 0.782. The normalized spacial score (nSPS) is 11.1. The lowest BCUT2D eigenvalue weighted by molar-refractivity contribution is 0.0698. The molecule has 1 rings (SSSR count). The molecule has 0 unspecified atom stereocenters. The number of hydrogen-bond donors (Lipinski definition) is 3. The lowest BCUT2D eigenvalue weighted by Crippen LogP contribution is -2.49. The van der Waals surface area contributed by atoms with Crippen LogP contribution in [0.5, 0.6) is 0 Å². The molecule has 0 aliphatic carbocycles. The molecule has 0 saturated carbocycles. The minimum Gasteiger partial charge on any atom is -0.478 e. The zero-order chi connectivity index (χ0) is 15.5. The lowest BCUT2D eigenvalue weighted by Gasteiger charge is -2.33.